The van der Waals surface area contributed by atoms with Crippen LogP contribution < -0.4 is 5.32 Å². The Bertz CT molecular complexity index is 412. The minimum atomic E-state index is -0.155. The standard InChI is InChI=1S/C15H25N3O/c1-6-10-16-12-8-9-13(17-11-12)14(19)18(5)15(3,4)7-2/h8-9,11,16H,6-7,10H2,1-5H3. The number of aromatic nitrogens is 1. The van der Waals surface area contributed by atoms with Crippen molar-refractivity contribution >= 4 is 11.6 Å². The number of hydrogen-bond acceptors (Lipinski definition) is 3. The van der Waals surface area contributed by atoms with Gasteiger partial charge in [0, 0.05) is 19.1 Å². The Balaban J connectivity index is 2.78. The third-order valence-electron chi connectivity index (χ3n) is 3.64. The SMILES string of the molecule is CCCNc1ccc(C(=O)N(C)C(C)(C)CC)nc1. The lowest BCUT2D eigenvalue weighted by molar-refractivity contribution is 0.0614. The Labute approximate surface area is 116 Å². The van der Waals surface area contributed by atoms with Gasteiger partial charge in [-0.15, -0.1) is 0 Å². The molecule has 0 aliphatic carbocycles. The van der Waals surface area contributed by atoms with E-state index in [9.17, 15) is 4.79 Å². The van der Waals surface area contributed by atoms with Crippen LogP contribution in [0.2, 0.25) is 0 Å². The van der Waals surface area contributed by atoms with E-state index >= 15 is 0 Å². The van der Waals surface area contributed by atoms with Gasteiger partial charge in [-0.3, -0.25) is 4.79 Å². The maximum atomic E-state index is 12.3. The van der Waals surface area contributed by atoms with Crippen LogP contribution in [0.15, 0.2) is 18.3 Å². The lowest BCUT2D eigenvalue weighted by atomic mass is 9.99. The zero-order valence-corrected chi connectivity index (χ0v) is 12.7. The van der Waals surface area contributed by atoms with Crippen molar-refractivity contribution in [1.82, 2.24) is 9.88 Å². The van der Waals surface area contributed by atoms with Gasteiger partial charge in [-0.25, -0.2) is 4.98 Å². The molecular formula is C15H25N3O. The van der Waals surface area contributed by atoms with E-state index in [4.69, 9.17) is 0 Å². The maximum absolute atomic E-state index is 12.3. The molecule has 1 rings (SSSR count). The Morgan fingerprint density at radius 3 is 2.53 bits per heavy atom. The van der Waals surface area contributed by atoms with Crippen LogP contribution in [-0.4, -0.2) is 34.9 Å². The number of nitrogens with one attached hydrogen (secondary N) is 1. The lowest BCUT2D eigenvalue weighted by Gasteiger charge is -2.34. The third-order valence-corrected chi connectivity index (χ3v) is 3.64. The molecule has 0 fully saturated rings. The monoisotopic (exact) mass is 263 g/mol. The second kappa shape index (κ2) is 6.55. The summed E-state index contributed by atoms with van der Waals surface area (Å²) in [6.45, 7) is 9.22. The lowest BCUT2D eigenvalue weighted by Crippen LogP contribution is -2.44. The van der Waals surface area contributed by atoms with Crippen molar-refractivity contribution in [3.63, 3.8) is 0 Å². The number of nitrogens with zero attached hydrogens (tertiary/aromatic N) is 2. The van der Waals surface area contributed by atoms with Gasteiger partial charge in [-0.2, -0.15) is 0 Å². The van der Waals surface area contributed by atoms with Crippen molar-refractivity contribution in [2.75, 3.05) is 18.9 Å². The molecule has 0 unspecified atom stereocenters. The van der Waals surface area contributed by atoms with E-state index < -0.39 is 0 Å². The third kappa shape index (κ3) is 3.94. The average Bonchev–Trinajstić information content (AvgIpc) is 2.44. The Morgan fingerprint density at radius 1 is 1.37 bits per heavy atom. The number of rotatable bonds is 6. The summed E-state index contributed by atoms with van der Waals surface area (Å²) in [4.78, 5) is 18.3. The Kier molecular flexibility index (Phi) is 5.33. The highest BCUT2D eigenvalue weighted by Gasteiger charge is 2.26. The fourth-order valence-electron chi connectivity index (χ4n) is 1.58. The summed E-state index contributed by atoms with van der Waals surface area (Å²) in [7, 11) is 1.83. The van der Waals surface area contributed by atoms with Gasteiger partial charge in [-0.05, 0) is 38.8 Å². The zero-order valence-electron chi connectivity index (χ0n) is 12.7. The molecule has 1 amide bonds. The molecule has 0 aliphatic heterocycles. The predicted octanol–water partition coefficient (Wildman–Crippen LogP) is 3.16. The fraction of sp³-hybridized carbons (Fsp3) is 0.600. The van der Waals surface area contributed by atoms with Crippen LogP contribution in [0.25, 0.3) is 0 Å². The minimum absolute atomic E-state index is 0.0334. The van der Waals surface area contributed by atoms with Crippen molar-refractivity contribution in [1.29, 1.82) is 0 Å². The van der Waals surface area contributed by atoms with Crippen molar-refractivity contribution < 1.29 is 4.79 Å². The highest BCUT2D eigenvalue weighted by atomic mass is 16.2. The molecular weight excluding hydrogens is 238 g/mol. The van der Waals surface area contributed by atoms with Crippen LogP contribution in [0.4, 0.5) is 5.69 Å². The molecule has 4 heteroatoms. The van der Waals surface area contributed by atoms with Gasteiger partial charge >= 0.3 is 0 Å². The number of anilines is 1. The van der Waals surface area contributed by atoms with E-state index in [1.165, 1.54) is 0 Å². The van der Waals surface area contributed by atoms with E-state index in [1.807, 2.05) is 13.1 Å². The van der Waals surface area contributed by atoms with E-state index in [-0.39, 0.29) is 11.4 Å². The molecule has 1 aromatic rings. The van der Waals surface area contributed by atoms with Crippen LogP contribution in [0.5, 0.6) is 0 Å². The van der Waals surface area contributed by atoms with E-state index in [0.29, 0.717) is 5.69 Å². The molecule has 0 aromatic carbocycles. The smallest absolute Gasteiger partial charge is 0.272 e. The molecule has 1 N–H and O–H groups in total. The number of amides is 1. The molecule has 1 heterocycles. The van der Waals surface area contributed by atoms with Crippen molar-refractivity contribution in [2.45, 2.75) is 46.1 Å². The van der Waals surface area contributed by atoms with Crippen molar-refractivity contribution in [3.8, 4) is 0 Å². The first kappa shape index (κ1) is 15.5. The quantitative estimate of drug-likeness (QED) is 0.857. The first-order valence-corrected chi connectivity index (χ1v) is 6.90. The molecule has 19 heavy (non-hydrogen) atoms. The Morgan fingerprint density at radius 2 is 2.05 bits per heavy atom. The van der Waals surface area contributed by atoms with Gasteiger partial charge in [0.15, 0.2) is 0 Å². The van der Waals surface area contributed by atoms with Gasteiger partial charge in [0.05, 0.1) is 11.9 Å². The number of hydrogen-bond donors (Lipinski definition) is 1. The van der Waals surface area contributed by atoms with Gasteiger partial charge in [0.2, 0.25) is 0 Å². The molecule has 0 saturated carbocycles. The summed E-state index contributed by atoms with van der Waals surface area (Å²) in [5, 5.41) is 3.24. The molecule has 1 aromatic heterocycles. The van der Waals surface area contributed by atoms with Crippen LogP contribution in [0, 0.1) is 0 Å². The van der Waals surface area contributed by atoms with E-state index in [1.54, 1.807) is 17.2 Å². The second-order valence-electron chi connectivity index (χ2n) is 5.39. The topological polar surface area (TPSA) is 45.2 Å². The molecule has 4 nitrogen and oxygen atoms in total. The summed E-state index contributed by atoms with van der Waals surface area (Å²) in [5.74, 6) is -0.0334. The highest BCUT2D eigenvalue weighted by Crippen LogP contribution is 2.19. The molecule has 0 aliphatic rings. The van der Waals surface area contributed by atoms with Crippen LogP contribution in [0.1, 0.15) is 51.0 Å². The normalized spacial score (nSPS) is 11.2. The number of carbonyl (C=O) groups is 1. The number of pyridine rings is 1. The van der Waals surface area contributed by atoms with E-state index in [2.05, 4.69) is 38.0 Å². The highest BCUT2D eigenvalue weighted by molar-refractivity contribution is 5.92. The predicted molar refractivity (Wildman–Crippen MR) is 79.5 cm³/mol. The molecule has 0 spiro atoms. The molecule has 0 bridgehead atoms. The van der Waals surface area contributed by atoms with Crippen molar-refractivity contribution in [2.24, 2.45) is 0 Å². The van der Waals surface area contributed by atoms with Gasteiger partial charge in [-0.1, -0.05) is 13.8 Å². The molecule has 0 radical (unpaired) electrons. The van der Waals surface area contributed by atoms with E-state index in [0.717, 1.165) is 25.1 Å². The first-order valence-electron chi connectivity index (χ1n) is 6.90. The summed E-state index contributed by atoms with van der Waals surface area (Å²) >= 11 is 0. The average molecular weight is 263 g/mol. The fourth-order valence-corrected chi connectivity index (χ4v) is 1.58. The summed E-state index contributed by atoms with van der Waals surface area (Å²) in [6, 6.07) is 3.69. The van der Waals surface area contributed by atoms with Crippen LogP contribution >= 0.6 is 0 Å². The maximum Gasteiger partial charge on any atom is 0.272 e. The zero-order chi connectivity index (χ0) is 14.5. The second-order valence-corrected chi connectivity index (χ2v) is 5.39. The minimum Gasteiger partial charge on any atom is -0.384 e. The molecule has 0 saturated heterocycles. The van der Waals surface area contributed by atoms with Gasteiger partial charge < -0.3 is 10.2 Å². The summed E-state index contributed by atoms with van der Waals surface area (Å²) in [5.41, 5.74) is 1.29. The number of carbonyl (C=O) groups excluding carboxylic acids is 1. The summed E-state index contributed by atoms with van der Waals surface area (Å²) < 4.78 is 0. The molecule has 0 atom stereocenters. The first-order chi connectivity index (χ1) is 8.92. The van der Waals surface area contributed by atoms with Crippen molar-refractivity contribution in [3.05, 3.63) is 24.0 Å². The van der Waals surface area contributed by atoms with Crippen LogP contribution in [0.3, 0.4) is 0 Å². The van der Waals surface area contributed by atoms with Crippen LogP contribution in [-0.2, 0) is 0 Å². The Hall–Kier alpha value is -1.58. The summed E-state index contributed by atoms with van der Waals surface area (Å²) in [6.07, 6.45) is 3.69. The largest absolute Gasteiger partial charge is 0.384 e. The van der Waals surface area contributed by atoms with Gasteiger partial charge in [0.1, 0.15) is 5.69 Å². The molecule has 106 valence electrons. The van der Waals surface area contributed by atoms with Gasteiger partial charge in [0.25, 0.3) is 5.91 Å².